The van der Waals surface area contributed by atoms with Crippen molar-refractivity contribution in [3.63, 3.8) is 0 Å². The van der Waals surface area contributed by atoms with Crippen LogP contribution in [0.15, 0.2) is 42.5 Å². The summed E-state index contributed by atoms with van der Waals surface area (Å²) in [5.41, 5.74) is 1.83. The number of aliphatic carboxylic acids is 1. The molecular formula is C20H23NO5. The molecule has 0 aromatic heterocycles. The minimum Gasteiger partial charge on any atom is -0.504 e. The maximum absolute atomic E-state index is 11.8. The third kappa shape index (κ3) is 3.60. The molecule has 2 aromatic rings. The molecular weight excluding hydrogens is 334 g/mol. The average molecular weight is 357 g/mol. The van der Waals surface area contributed by atoms with E-state index >= 15 is 0 Å². The van der Waals surface area contributed by atoms with Crippen LogP contribution >= 0.6 is 0 Å². The molecule has 0 spiro atoms. The van der Waals surface area contributed by atoms with Gasteiger partial charge in [0.2, 0.25) is 0 Å². The number of hydrogen-bond donors (Lipinski definition) is 2. The van der Waals surface area contributed by atoms with Gasteiger partial charge in [0.05, 0.1) is 20.1 Å². The van der Waals surface area contributed by atoms with Gasteiger partial charge < -0.3 is 19.7 Å². The summed E-state index contributed by atoms with van der Waals surface area (Å²) in [5.74, 6) is -0.229. The smallest absolute Gasteiger partial charge is 0.308 e. The van der Waals surface area contributed by atoms with E-state index in [2.05, 4.69) is 4.90 Å². The van der Waals surface area contributed by atoms with E-state index in [9.17, 15) is 15.0 Å². The number of aromatic hydroxyl groups is 1. The highest BCUT2D eigenvalue weighted by Crippen LogP contribution is 2.38. The predicted molar refractivity (Wildman–Crippen MR) is 96.8 cm³/mol. The number of phenolic OH excluding ortho intramolecular Hbond substituents is 1. The SMILES string of the molecule is COc1ccc(CN2C[C@@H](C(=O)O)[C@H](c3ccccc3OC)C2)cc1O. The van der Waals surface area contributed by atoms with E-state index in [0.29, 0.717) is 31.1 Å². The normalized spacial score (nSPS) is 20.1. The molecule has 138 valence electrons. The third-order valence-electron chi connectivity index (χ3n) is 4.90. The molecule has 1 aliphatic heterocycles. The first-order valence-electron chi connectivity index (χ1n) is 8.47. The molecule has 6 nitrogen and oxygen atoms in total. The minimum absolute atomic E-state index is 0.0836. The van der Waals surface area contributed by atoms with Gasteiger partial charge in [0, 0.05) is 25.6 Å². The van der Waals surface area contributed by atoms with Crippen LogP contribution in [0, 0.1) is 5.92 Å². The number of methoxy groups -OCH3 is 2. The van der Waals surface area contributed by atoms with E-state index < -0.39 is 11.9 Å². The van der Waals surface area contributed by atoms with Gasteiger partial charge in [-0.15, -0.1) is 0 Å². The van der Waals surface area contributed by atoms with E-state index in [1.165, 1.54) is 7.11 Å². The van der Waals surface area contributed by atoms with Gasteiger partial charge >= 0.3 is 5.97 Å². The fraction of sp³-hybridized carbons (Fsp3) is 0.350. The maximum atomic E-state index is 11.8. The first-order valence-corrected chi connectivity index (χ1v) is 8.47. The topological polar surface area (TPSA) is 79.2 Å². The second kappa shape index (κ2) is 7.66. The standard InChI is InChI=1S/C20H23NO5/c1-25-18-6-4-3-5-14(18)15-11-21(12-16(15)20(23)24)10-13-7-8-19(26-2)17(22)9-13/h3-9,15-16,22H,10-12H2,1-2H3,(H,23,24)/t15-,16+/m0/s1. The Balaban J connectivity index is 1.81. The Labute approximate surface area is 152 Å². The van der Waals surface area contributed by atoms with Crippen molar-refractivity contribution in [3.8, 4) is 17.2 Å². The molecule has 1 saturated heterocycles. The number of rotatable bonds is 6. The van der Waals surface area contributed by atoms with Gasteiger partial charge in [-0.2, -0.15) is 0 Å². The van der Waals surface area contributed by atoms with Gasteiger partial charge in [0.25, 0.3) is 0 Å². The maximum Gasteiger partial charge on any atom is 0.308 e. The van der Waals surface area contributed by atoms with E-state index in [0.717, 1.165) is 11.1 Å². The molecule has 0 aliphatic carbocycles. The molecule has 0 radical (unpaired) electrons. The Hall–Kier alpha value is -2.73. The molecule has 0 unspecified atom stereocenters. The molecule has 1 fully saturated rings. The van der Waals surface area contributed by atoms with Crippen LogP contribution < -0.4 is 9.47 Å². The number of carboxylic acid groups (broad SMARTS) is 1. The monoisotopic (exact) mass is 357 g/mol. The number of carboxylic acids is 1. The first-order chi connectivity index (χ1) is 12.5. The number of benzene rings is 2. The van der Waals surface area contributed by atoms with Crippen molar-refractivity contribution in [2.24, 2.45) is 5.92 Å². The van der Waals surface area contributed by atoms with Gasteiger partial charge in [-0.1, -0.05) is 24.3 Å². The molecule has 3 rings (SSSR count). The number of likely N-dealkylation sites (tertiary alicyclic amines) is 1. The highest BCUT2D eigenvalue weighted by molar-refractivity contribution is 5.72. The largest absolute Gasteiger partial charge is 0.504 e. The molecule has 2 aromatic carbocycles. The molecule has 1 heterocycles. The molecule has 6 heteroatoms. The van der Waals surface area contributed by atoms with Crippen LogP contribution in [-0.4, -0.2) is 48.4 Å². The van der Waals surface area contributed by atoms with Gasteiger partial charge in [0.1, 0.15) is 5.75 Å². The number of ether oxygens (including phenoxy) is 2. The van der Waals surface area contributed by atoms with Crippen LogP contribution in [0.25, 0.3) is 0 Å². The zero-order chi connectivity index (χ0) is 18.7. The van der Waals surface area contributed by atoms with Crippen molar-refractivity contribution in [2.75, 3.05) is 27.3 Å². The van der Waals surface area contributed by atoms with Crippen LogP contribution in [0.5, 0.6) is 17.2 Å². The predicted octanol–water partition coefficient (Wildman–Crippen LogP) is 2.71. The fourth-order valence-electron chi connectivity index (χ4n) is 3.64. The Morgan fingerprint density at radius 3 is 2.50 bits per heavy atom. The molecule has 2 atom stereocenters. The highest BCUT2D eigenvalue weighted by Gasteiger charge is 2.39. The summed E-state index contributed by atoms with van der Waals surface area (Å²) in [5, 5.41) is 19.6. The van der Waals surface area contributed by atoms with Gasteiger partial charge in [-0.25, -0.2) is 0 Å². The molecule has 2 N–H and O–H groups in total. The summed E-state index contributed by atoms with van der Waals surface area (Å²) in [6.07, 6.45) is 0. The van der Waals surface area contributed by atoms with Crippen molar-refractivity contribution >= 4 is 5.97 Å². The van der Waals surface area contributed by atoms with Crippen LogP contribution in [0.3, 0.4) is 0 Å². The molecule has 0 bridgehead atoms. The van der Waals surface area contributed by atoms with Crippen LogP contribution in [0.1, 0.15) is 17.0 Å². The van der Waals surface area contributed by atoms with E-state index in [1.807, 2.05) is 30.3 Å². The number of nitrogens with zero attached hydrogens (tertiary/aromatic N) is 1. The molecule has 26 heavy (non-hydrogen) atoms. The second-order valence-corrected chi connectivity index (χ2v) is 6.49. The zero-order valence-electron chi connectivity index (χ0n) is 14.9. The van der Waals surface area contributed by atoms with Gasteiger partial charge in [0.15, 0.2) is 11.5 Å². The summed E-state index contributed by atoms with van der Waals surface area (Å²) in [7, 11) is 3.10. The van der Waals surface area contributed by atoms with Crippen molar-refractivity contribution in [1.82, 2.24) is 4.90 Å². The lowest BCUT2D eigenvalue weighted by Crippen LogP contribution is -2.23. The lowest BCUT2D eigenvalue weighted by Gasteiger charge is -2.18. The average Bonchev–Trinajstić information content (AvgIpc) is 3.06. The minimum atomic E-state index is -0.805. The van der Waals surface area contributed by atoms with Gasteiger partial charge in [-0.05, 0) is 29.3 Å². The lowest BCUT2D eigenvalue weighted by molar-refractivity contribution is -0.141. The number of para-hydroxylation sites is 1. The summed E-state index contributed by atoms with van der Waals surface area (Å²) in [4.78, 5) is 13.9. The highest BCUT2D eigenvalue weighted by atomic mass is 16.5. The lowest BCUT2D eigenvalue weighted by atomic mass is 9.88. The van der Waals surface area contributed by atoms with Crippen LogP contribution in [0.2, 0.25) is 0 Å². The Morgan fingerprint density at radius 1 is 1.12 bits per heavy atom. The number of phenols is 1. The van der Waals surface area contributed by atoms with Gasteiger partial charge in [-0.3, -0.25) is 9.69 Å². The Bertz CT molecular complexity index is 792. The fourth-order valence-corrected chi connectivity index (χ4v) is 3.64. The first kappa shape index (κ1) is 18.1. The van der Waals surface area contributed by atoms with E-state index in [1.54, 1.807) is 19.2 Å². The summed E-state index contributed by atoms with van der Waals surface area (Å²) < 4.78 is 10.5. The molecule has 0 amide bonds. The van der Waals surface area contributed by atoms with Crippen molar-refractivity contribution in [1.29, 1.82) is 0 Å². The van der Waals surface area contributed by atoms with Crippen molar-refractivity contribution < 1.29 is 24.5 Å². The van der Waals surface area contributed by atoms with E-state index in [4.69, 9.17) is 9.47 Å². The Kier molecular flexibility index (Phi) is 5.32. The summed E-state index contributed by atoms with van der Waals surface area (Å²) in [6.45, 7) is 1.63. The molecule has 0 saturated carbocycles. The second-order valence-electron chi connectivity index (χ2n) is 6.49. The van der Waals surface area contributed by atoms with Crippen LogP contribution in [-0.2, 0) is 11.3 Å². The zero-order valence-corrected chi connectivity index (χ0v) is 14.9. The number of hydrogen-bond acceptors (Lipinski definition) is 5. The molecule has 1 aliphatic rings. The van der Waals surface area contributed by atoms with Crippen molar-refractivity contribution in [3.05, 3.63) is 53.6 Å². The number of carbonyl (C=O) groups is 1. The summed E-state index contributed by atoms with van der Waals surface area (Å²) >= 11 is 0. The Morgan fingerprint density at radius 2 is 1.85 bits per heavy atom. The van der Waals surface area contributed by atoms with E-state index in [-0.39, 0.29) is 11.7 Å². The third-order valence-corrected chi connectivity index (χ3v) is 4.90. The quantitative estimate of drug-likeness (QED) is 0.828. The summed E-state index contributed by atoms with van der Waals surface area (Å²) in [6, 6.07) is 12.8. The van der Waals surface area contributed by atoms with Crippen LogP contribution in [0.4, 0.5) is 0 Å². The van der Waals surface area contributed by atoms with Crippen molar-refractivity contribution in [2.45, 2.75) is 12.5 Å².